The number of carbonyl (C=O) groups is 2. The van der Waals surface area contributed by atoms with E-state index in [-0.39, 0.29) is 10.9 Å². The molecular weight excluding hydrogens is 237 g/mol. The molecule has 1 saturated heterocycles. The second-order valence-electron chi connectivity index (χ2n) is 4.82. The minimum absolute atomic E-state index is 0.280. The number of urea groups is 1. The molecule has 2 fully saturated rings. The van der Waals surface area contributed by atoms with Gasteiger partial charge in [0.2, 0.25) is 5.91 Å². The smallest absolute Gasteiger partial charge is 0.334 e. The van der Waals surface area contributed by atoms with E-state index < -0.39 is 30.1 Å². The van der Waals surface area contributed by atoms with Gasteiger partial charge in [0.1, 0.15) is 6.54 Å². The number of imide groups is 1. The molecule has 96 valence electrons. The lowest BCUT2D eigenvalue weighted by molar-refractivity contribution is -0.164. The van der Waals surface area contributed by atoms with Crippen LogP contribution in [0.5, 0.6) is 0 Å². The molecule has 1 saturated carbocycles. The zero-order chi connectivity index (χ0) is 12.8. The Balaban J connectivity index is 2.23. The molecule has 0 aromatic carbocycles. The van der Waals surface area contributed by atoms with E-state index in [4.69, 9.17) is 0 Å². The first-order valence-corrected chi connectivity index (χ1v) is 5.43. The minimum atomic E-state index is -4.56. The van der Waals surface area contributed by atoms with Crippen molar-refractivity contribution in [3.05, 3.63) is 0 Å². The van der Waals surface area contributed by atoms with E-state index in [1.807, 2.05) is 0 Å². The highest BCUT2D eigenvalue weighted by Gasteiger charge is 2.54. The summed E-state index contributed by atoms with van der Waals surface area (Å²) in [5.74, 6) is -0.707. The quantitative estimate of drug-likeness (QED) is 0.769. The predicted molar refractivity (Wildman–Crippen MR) is 52.0 cm³/mol. The van der Waals surface area contributed by atoms with Crippen molar-refractivity contribution < 1.29 is 22.8 Å². The molecule has 0 radical (unpaired) electrons. The number of alkyl halides is 3. The molecule has 3 amide bonds. The van der Waals surface area contributed by atoms with E-state index in [1.165, 1.54) is 0 Å². The van der Waals surface area contributed by atoms with E-state index >= 15 is 0 Å². The fourth-order valence-corrected chi connectivity index (χ4v) is 2.60. The first-order valence-electron chi connectivity index (χ1n) is 5.43. The number of halogens is 3. The standard InChI is InChI=1S/C10H13F3N2O2/c1-9-4-2-3-6(9)14-8(17)15(7(9)16)5-10(11,12)13/h6H,2-5H2,1H3,(H,14,17). The molecule has 0 bridgehead atoms. The number of hydrogen-bond donors (Lipinski definition) is 1. The van der Waals surface area contributed by atoms with Crippen molar-refractivity contribution in [2.75, 3.05) is 6.54 Å². The van der Waals surface area contributed by atoms with Gasteiger partial charge in [0.05, 0.1) is 5.41 Å². The van der Waals surface area contributed by atoms with Crippen molar-refractivity contribution in [3.8, 4) is 0 Å². The Bertz CT molecular complexity index is 369. The van der Waals surface area contributed by atoms with E-state index in [1.54, 1.807) is 6.92 Å². The third kappa shape index (κ3) is 1.98. The Kier molecular flexibility index (Phi) is 2.59. The SMILES string of the molecule is CC12CCCC1NC(=O)N(CC(F)(F)F)C2=O. The number of nitrogens with zero attached hydrogens (tertiary/aromatic N) is 1. The molecule has 0 aromatic heterocycles. The summed E-state index contributed by atoms with van der Waals surface area (Å²) >= 11 is 0. The van der Waals surface area contributed by atoms with Crippen LogP contribution >= 0.6 is 0 Å². The summed E-state index contributed by atoms with van der Waals surface area (Å²) in [6.45, 7) is 0.107. The second kappa shape index (κ2) is 3.61. The first-order chi connectivity index (χ1) is 7.74. The molecule has 2 atom stereocenters. The van der Waals surface area contributed by atoms with Crippen LogP contribution < -0.4 is 5.32 Å². The van der Waals surface area contributed by atoms with Crippen LogP contribution in [0.1, 0.15) is 26.2 Å². The number of carbonyl (C=O) groups excluding carboxylic acids is 2. The highest BCUT2D eigenvalue weighted by molar-refractivity contribution is 6.00. The Morgan fingerprint density at radius 3 is 2.71 bits per heavy atom. The molecule has 17 heavy (non-hydrogen) atoms. The summed E-state index contributed by atoms with van der Waals surface area (Å²) in [6.07, 6.45) is -2.65. The zero-order valence-electron chi connectivity index (χ0n) is 9.30. The second-order valence-corrected chi connectivity index (χ2v) is 4.82. The summed E-state index contributed by atoms with van der Waals surface area (Å²) in [5.41, 5.74) is -0.876. The van der Waals surface area contributed by atoms with Crippen LogP contribution in [0.3, 0.4) is 0 Å². The van der Waals surface area contributed by atoms with Gasteiger partial charge in [-0.1, -0.05) is 6.42 Å². The fourth-order valence-electron chi connectivity index (χ4n) is 2.60. The van der Waals surface area contributed by atoms with Crippen molar-refractivity contribution in [1.82, 2.24) is 10.2 Å². The number of nitrogens with one attached hydrogen (secondary N) is 1. The topological polar surface area (TPSA) is 49.4 Å². The molecule has 0 spiro atoms. The predicted octanol–water partition coefficient (Wildman–Crippen LogP) is 1.66. The van der Waals surface area contributed by atoms with Crippen LogP contribution in [0.4, 0.5) is 18.0 Å². The third-order valence-corrected chi connectivity index (χ3v) is 3.57. The normalized spacial score (nSPS) is 33.6. The highest BCUT2D eigenvalue weighted by Crippen LogP contribution is 2.42. The molecule has 7 heteroatoms. The lowest BCUT2D eigenvalue weighted by Gasteiger charge is -2.41. The molecule has 1 heterocycles. The van der Waals surface area contributed by atoms with Gasteiger partial charge in [0.25, 0.3) is 0 Å². The van der Waals surface area contributed by atoms with Crippen molar-refractivity contribution in [2.45, 2.75) is 38.4 Å². The van der Waals surface area contributed by atoms with Crippen molar-refractivity contribution in [1.29, 1.82) is 0 Å². The summed E-state index contributed by atoms with van der Waals surface area (Å²) in [4.78, 5) is 23.7. The maximum Gasteiger partial charge on any atom is 0.406 e. The van der Waals surface area contributed by atoms with Gasteiger partial charge in [-0.2, -0.15) is 13.2 Å². The Morgan fingerprint density at radius 1 is 1.47 bits per heavy atom. The van der Waals surface area contributed by atoms with Crippen LogP contribution in [-0.2, 0) is 4.79 Å². The first kappa shape index (κ1) is 12.2. The van der Waals surface area contributed by atoms with Crippen LogP contribution in [-0.4, -0.2) is 35.6 Å². The summed E-state index contributed by atoms with van der Waals surface area (Å²) in [6, 6.07) is -1.26. The fraction of sp³-hybridized carbons (Fsp3) is 0.800. The number of rotatable bonds is 1. The highest BCUT2D eigenvalue weighted by atomic mass is 19.4. The van der Waals surface area contributed by atoms with Gasteiger partial charge < -0.3 is 5.32 Å². The van der Waals surface area contributed by atoms with E-state index in [0.717, 1.165) is 6.42 Å². The van der Waals surface area contributed by atoms with Gasteiger partial charge in [0.15, 0.2) is 0 Å². The molecule has 1 aliphatic heterocycles. The lowest BCUT2D eigenvalue weighted by atomic mass is 9.81. The number of hydrogen-bond acceptors (Lipinski definition) is 2. The summed E-state index contributed by atoms with van der Waals surface area (Å²) < 4.78 is 36.8. The van der Waals surface area contributed by atoms with E-state index in [0.29, 0.717) is 12.8 Å². The van der Waals surface area contributed by atoms with Gasteiger partial charge >= 0.3 is 12.2 Å². The Morgan fingerprint density at radius 2 is 2.12 bits per heavy atom. The van der Waals surface area contributed by atoms with E-state index in [9.17, 15) is 22.8 Å². The van der Waals surface area contributed by atoms with Crippen LogP contribution in [0, 0.1) is 5.41 Å². The Hall–Kier alpha value is -1.27. The molecule has 0 aromatic rings. The molecule has 1 N–H and O–H groups in total. The molecular formula is C10H13F3N2O2. The summed E-state index contributed by atoms with van der Waals surface area (Å²) in [7, 11) is 0. The maximum absolute atomic E-state index is 12.3. The third-order valence-electron chi connectivity index (χ3n) is 3.57. The summed E-state index contributed by atoms with van der Waals surface area (Å²) in [5, 5.41) is 2.49. The zero-order valence-corrected chi connectivity index (χ0v) is 9.30. The van der Waals surface area contributed by atoms with Crippen LogP contribution in [0.2, 0.25) is 0 Å². The monoisotopic (exact) mass is 250 g/mol. The van der Waals surface area contributed by atoms with Gasteiger partial charge in [-0.25, -0.2) is 4.79 Å². The Labute approximate surface area is 96.1 Å². The largest absolute Gasteiger partial charge is 0.406 e. The van der Waals surface area contributed by atoms with Crippen LogP contribution in [0.25, 0.3) is 0 Å². The lowest BCUT2D eigenvalue weighted by Crippen LogP contribution is -2.64. The van der Waals surface area contributed by atoms with Gasteiger partial charge in [-0.05, 0) is 19.8 Å². The van der Waals surface area contributed by atoms with Gasteiger partial charge in [-0.3, -0.25) is 9.69 Å². The molecule has 4 nitrogen and oxygen atoms in total. The van der Waals surface area contributed by atoms with Crippen molar-refractivity contribution in [2.24, 2.45) is 5.41 Å². The molecule has 1 aliphatic carbocycles. The van der Waals surface area contributed by atoms with Crippen molar-refractivity contribution >= 4 is 11.9 Å². The number of fused-ring (bicyclic) bond motifs is 1. The molecule has 2 rings (SSSR count). The average molecular weight is 250 g/mol. The average Bonchev–Trinajstić information content (AvgIpc) is 2.55. The van der Waals surface area contributed by atoms with E-state index in [2.05, 4.69) is 5.32 Å². The molecule has 2 aliphatic rings. The van der Waals surface area contributed by atoms with Gasteiger partial charge in [0, 0.05) is 6.04 Å². The van der Waals surface area contributed by atoms with Crippen molar-refractivity contribution in [3.63, 3.8) is 0 Å². The van der Waals surface area contributed by atoms with Gasteiger partial charge in [-0.15, -0.1) is 0 Å². The number of amides is 3. The molecule has 2 unspecified atom stereocenters. The van der Waals surface area contributed by atoms with Crippen LogP contribution in [0.15, 0.2) is 0 Å². The maximum atomic E-state index is 12.3. The minimum Gasteiger partial charge on any atom is -0.334 e.